The fourth-order valence-electron chi connectivity index (χ4n) is 7.77. The van der Waals surface area contributed by atoms with E-state index >= 15 is 0 Å². The molecule has 370 valence electrons. The van der Waals surface area contributed by atoms with Gasteiger partial charge in [-0.25, -0.2) is 4.18 Å². The van der Waals surface area contributed by atoms with E-state index in [-0.39, 0.29) is 6.42 Å². The van der Waals surface area contributed by atoms with Crippen LogP contribution < -0.4 is 5.32 Å². The molecule has 8 atom stereocenters. The van der Waals surface area contributed by atoms with Gasteiger partial charge in [0, 0.05) is 0 Å². The number of unbranched alkanes of at least 4 members (excludes halogenated alkanes) is 25. The summed E-state index contributed by atoms with van der Waals surface area (Å²) in [5, 5.41) is 55.3. The average molecular weight is 918 g/mol. The molecule has 0 spiro atoms. The van der Waals surface area contributed by atoms with Crippen molar-refractivity contribution in [2.45, 2.75) is 255 Å². The van der Waals surface area contributed by atoms with E-state index in [1.54, 1.807) is 6.08 Å². The molecule has 0 radical (unpaired) electrons. The maximum atomic E-state index is 13.1. The molecule has 0 bridgehead atoms. The summed E-state index contributed by atoms with van der Waals surface area (Å²) in [6.45, 7) is 3.20. The third kappa shape index (κ3) is 31.8. The maximum Gasteiger partial charge on any atom is 0.397 e. The van der Waals surface area contributed by atoms with Crippen molar-refractivity contribution in [3.05, 3.63) is 36.5 Å². The van der Waals surface area contributed by atoms with E-state index < -0.39 is 78.5 Å². The molecule has 63 heavy (non-hydrogen) atoms. The van der Waals surface area contributed by atoms with Crippen molar-refractivity contribution in [3.8, 4) is 0 Å². The van der Waals surface area contributed by atoms with Crippen molar-refractivity contribution in [1.82, 2.24) is 5.32 Å². The first-order valence-electron chi connectivity index (χ1n) is 25.0. The van der Waals surface area contributed by atoms with Crippen LogP contribution in [-0.4, -0.2) is 107 Å². The van der Waals surface area contributed by atoms with Crippen molar-refractivity contribution < 1.29 is 57.0 Å². The van der Waals surface area contributed by atoms with Gasteiger partial charge in [0.15, 0.2) is 6.29 Å². The number of rotatable bonds is 42. The van der Waals surface area contributed by atoms with E-state index in [9.17, 15) is 43.3 Å². The smallest absolute Gasteiger partial charge is 0.394 e. The number of aliphatic hydroxyl groups is 5. The first-order valence-corrected chi connectivity index (χ1v) is 26.3. The summed E-state index contributed by atoms with van der Waals surface area (Å²) in [4.78, 5) is 13.1. The summed E-state index contributed by atoms with van der Waals surface area (Å²) < 4.78 is 47.6. The Kier molecular flexibility index (Phi) is 37.1. The van der Waals surface area contributed by atoms with Crippen LogP contribution in [0.15, 0.2) is 36.5 Å². The molecule has 14 heteroatoms. The third-order valence-corrected chi connectivity index (χ3v) is 12.2. The summed E-state index contributed by atoms with van der Waals surface area (Å²) >= 11 is 0. The molecule has 1 amide bonds. The van der Waals surface area contributed by atoms with Gasteiger partial charge in [-0.3, -0.25) is 9.35 Å². The van der Waals surface area contributed by atoms with Crippen LogP contribution in [-0.2, 0) is 28.9 Å². The van der Waals surface area contributed by atoms with E-state index in [0.717, 1.165) is 64.2 Å². The number of aliphatic hydroxyl groups excluding tert-OH is 5. The molecular weight excluding hydrogens is 827 g/mol. The minimum Gasteiger partial charge on any atom is -0.394 e. The average Bonchev–Trinajstić information content (AvgIpc) is 3.25. The van der Waals surface area contributed by atoms with E-state index in [4.69, 9.17) is 9.47 Å². The van der Waals surface area contributed by atoms with Gasteiger partial charge < -0.3 is 40.3 Å². The Morgan fingerprint density at radius 2 is 1.06 bits per heavy atom. The van der Waals surface area contributed by atoms with Crippen LogP contribution in [0.25, 0.3) is 0 Å². The molecule has 1 rings (SSSR count). The fourth-order valence-corrected chi connectivity index (χ4v) is 8.27. The van der Waals surface area contributed by atoms with Crippen LogP contribution in [0.2, 0.25) is 0 Å². The minimum absolute atomic E-state index is 0.230. The molecule has 1 heterocycles. The number of carbonyl (C=O) groups is 1. The lowest BCUT2D eigenvalue weighted by Crippen LogP contribution is -2.61. The van der Waals surface area contributed by atoms with Crippen LogP contribution >= 0.6 is 0 Å². The molecule has 7 N–H and O–H groups in total. The lowest BCUT2D eigenvalue weighted by atomic mass is 9.99. The second-order valence-electron chi connectivity index (χ2n) is 17.5. The highest BCUT2D eigenvalue weighted by atomic mass is 32.3. The molecule has 1 fully saturated rings. The van der Waals surface area contributed by atoms with Crippen LogP contribution in [0.1, 0.15) is 206 Å². The van der Waals surface area contributed by atoms with Gasteiger partial charge in [-0.05, 0) is 57.8 Å². The first-order chi connectivity index (χ1) is 30.4. The SMILES string of the molecule is CCCCCCCCCC/C=C\CCCCCCCCC(O)C(=O)NC(COC1OC(CO)C(O)C(OS(=O)(=O)O)C1O)C(O)/C=C/CC/C=C/CCCCCCCCCCCC. The van der Waals surface area contributed by atoms with Gasteiger partial charge in [0.1, 0.15) is 30.5 Å². The quantitative estimate of drug-likeness (QED) is 0.0174. The number of allylic oxidation sites excluding steroid dienone is 5. The first kappa shape index (κ1) is 59.3. The van der Waals surface area contributed by atoms with Gasteiger partial charge in [-0.15, -0.1) is 0 Å². The molecule has 1 aliphatic heterocycles. The molecule has 0 aliphatic carbocycles. The number of carbonyl (C=O) groups excluding carboxylic acids is 1. The monoisotopic (exact) mass is 918 g/mol. The van der Waals surface area contributed by atoms with Gasteiger partial charge in [-0.2, -0.15) is 8.42 Å². The van der Waals surface area contributed by atoms with Crippen LogP contribution in [0.4, 0.5) is 0 Å². The molecule has 0 saturated carbocycles. The second kappa shape index (κ2) is 39.4. The topological polar surface area (TPSA) is 212 Å². The van der Waals surface area contributed by atoms with Crippen molar-refractivity contribution in [2.24, 2.45) is 0 Å². The van der Waals surface area contributed by atoms with Gasteiger partial charge in [0.2, 0.25) is 5.91 Å². The summed E-state index contributed by atoms with van der Waals surface area (Å²) in [7, 11) is -5.12. The van der Waals surface area contributed by atoms with Crippen molar-refractivity contribution in [1.29, 1.82) is 0 Å². The highest BCUT2D eigenvalue weighted by Gasteiger charge is 2.48. The molecule has 0 aromatic rings. The lowest BCUT2D eigenvalue weighted by Gasteiger charge is -2.41. The number of nitrogens with one attached hydrogen (secondary N) is 1. The lowest BCUT2D eigenvalue weighted by molar-refractivity contribution is -0.298. The predicted octanol–water partition coefficient (Wildman–Crippen LogP) is 9.25. The number of hydrogen-bond donors (Lipinski definition) is 7. The highest BCUT2D eigenvalue weighted by Crippen LogP contribution is 2.26. The van der Waals surface area contributed by atoms with E-state index in [1.165, 1.54) is 115 Å². The molecule has 1 saturated heterocycles. The Bertz CT molecular complexity index is 1280. The molecular formula is C49H91NO12S. The molecule has 8 unspecified atom stereocenters. The fraction of sp³-hybridized carbons (Fsp3) is 0.857. The zero-order valence-corrected chi connectivity index (χ0v) is 40.1. The van der Waals surface area contributed by atoms with E-state index in [0.29, 0.717) is 12.8 Å². The van der Waals surface area contributed by atoms with Crippen molar-refractivity contribution in [3.63, 3.8) is 0 Å². The van der Waals surface area contributed by atoms with Gasteiger partial charge >= 0.3 is 10.4 Å². The van der Waals surface area contributed by atoms with Crippen molar-refractivity contribution >= 4 is 16.3 Å². The molecule has 1 aliphatic rings. The van der Waals surface area contributed by atoms with Crippen LogP contribution in [0, 0.1) is 0 Å². The van der Waals surface area contributed by atoms with Crippen molar-refractivity contribution in [2.75, 3.05) is 13.2 Å². The molecule has 13 nitrogen and oxygen atoms in total. The third-order valence-electron chi connectivity index (χ3n) is 11.8. The van der Waals surface area contributed by atoms with Crippen LogP contribution in [0.3, 0.4) is 0 Å². The summed E-state index contributed by atoms with van der Waals surface area (Å²) in [5.41, 5.74) is 0. The Morgan fingerprint density at radius 1 is 0.635 bits per heavy atom. The van der Waals surface area contributed by atoms with Gasteiger partial charge in [-0.1, -0.05) is 185 Å². The highest BCUT2D eigenvalue weighted by molar-refractivity contribution is 7.80. The number of ether oxygens (including phenoxy) is 2. The zero-order valence-electron chi connectivity index (χ0n) is 39.3. The summed E-state index contributed by atoms with van der Waals surface area (Å²) in [6, 6.07) is -1.14. The largest absolute Gasteiger partial charge is 0.397 e. The van der Waals surface area contributed by atoms with Gasteiger partial charge in [0.25, 0.3) is 0 Å². The van der Waals surface area contributed by atoms with Gasteiger partial charge in [0.05, 0.1) is 25.4 Å². The second-order valence-corrected chi connectivity index (χ2v) is 18.6. The minimum atomic E-state index is -5.12. The van der Waals surface area contributed by atoms with Crippen LogP contribution in [0.5, 0.6) is 0 Å². The summed E-state index contributed by atoms with van der Waals surface area (Å²) in [5.74, 6) is -0.717. The Morgan fingerprint density at radius 3 is 1.52 bits per heavy atom. The normalized spacial score (nSPS) is 21.2. The Hall–Kier alpha value is -1.72. The maximum absolute atomic E-state index is 13.1. The molecule has 0 aromatic carbocycles. The predicted molar refractivity (Wildman–Crippen MR) is 251 cm³/mol. The molecule has 0 aromatic heterocycles. The Balaban J connectivity index is 2.57. The summed E-state index contributed by atoms with van der Waals surface area (Å²) in [6.07, 6.45) is 35.1. The number of hydrogen-bond acceptors (Lipinski definition) is 11. The van der Waals surface area contributed by atoms with E-state index in [2.05, 4.69) is 47.7 Å². The Labute approximate surface area is 382 Å². The zero-order chi connectivity index (χ0) is 46.4. The van der Waals surface area contributed by atoms with E-state index in [1.807, 2.05) is 0 Å². The standard InChI is InChI=1S/C49H91NO12S/c1-3-5-7-9-11-13-15-17-19-21-22-24-26-28-30-32-34-36-38-43(53)48(56)50-41(40-60-49-46(55)47(62-63(57,58)59)45(54)44(39-51)61-49)42(52)37-35-33-31-29-27-25-23-20-18-16-14-12-10-8-6-4-2/h21-22,27,29,35,37,41-47,49,51-55H,3-20,23-26,28,30-34,36,38-40H2,1-2H3,(H,50,56)(H,57,58,59)/b22-21-,29-27+,37-35+. The number of amides is 1.